The van der Waals surface area contributed by atoms with E-state index in [0.717, 1.165) is 60.1 Å². The summed E-state index contributed by atoms with van der Waals surface area (Å²) >= 11 is 0. The molecule has 166 valence electrons. The van der Waals surface area contributed by atoms with E-state index in [0.29, 0.717) is 32.0 Å². The molecule has 1 amide bonds. The molecule has 1 aromatic carbocycles. The first-order valence-electron chi connectivity index (χ1n) is 11.3. The van der Waals surface area contributed by atoms with Crippen LogP contribution in [0.5, 0.6) is 5.75 Å². The number of para-hydroxylation sites is 1. The van der Waals surface area contributed by atoms with Gasteiger partial charge in [0.1, 0.15) is 17.4 Å². The lowest BCUT2D eigenvalue weighted by Gasteiger charge is -2.32. The molecule has 0 spiro atoms. The molecule has 1 saturated heterocycles. The van der Waals surface area contributed by atoms with E-state index in [4.69, 9.17) is 14.7 Å². The first kappa shape index (κ1) is 21.6. The van der Waals surface area contributed by atoms with E-state index in [-0.39, 0.29) is 5.91 Å². The molecular formula is C24H33N5O2. The molecule has 0 bridgehead atoms. The summed E-state index contributed by atoms with van der Waals surface area (Å²) in [7, 11) is 4.07. The molecule has 0 aliphatic carbocycles. The molecule has 2 aromatic rings. The second-order valence-electron chi connectivity index (χ2n) is 8.64. The minimum Gasteiger partial charge on any atom is -0.493 e. The summed E-state index contributed by atoms with van der Waals surface area (Å²) in [6, 6.07) is 7.89. The number of ether oxygens (including phenoxy) is 1. The fourth-order valence-electron chi connectivity index (χ4n) is 4.55. The van der Waals surface area contributed by atoms with Crippen LogP contribution in [0.1, 0.15) is 47.8 Å². The Morgan fingerprint density at radius 1 is 1.26 bits per heavy atom. The summed E-state index contributed by atoms with van der Waals surface area (Å²) < 4.78 is 5.82. The molecule has 2 aliphatic rings. The predicted octanol–water partition coefficient (Wildman–Crippen LogP) is 2.99. The second kappa shape index (κ2) is 9.64. The highest BCUT2D eigenvalue weighted by atomic mass is 16.5. The number of amides is 1. The molecule has 2 aliphatic heterocycles. The Morgan fingerprint density at radius 3 is 2.87 bits per heavy atom. The number of hydrogen-bond acceptors (Lipinski definition) is 6. The monoisotopic (exact) mass is 423 g/mol. The zero-order valence-electron chi connectivity index (χ0n) is 18.9. The lowest BCUT2D eigenvalue weighted by Crippen LogP contribution is -2.38. The van der Waals surface area contributed by atoms with Crippen molar-refractivity contribution in [2.75, 3.05) is 45.7 Å². The molecule has 1 N–H and O–H groups in total. The Hall–Kier alpha value is -2.67. The van der Waals surface area contributed by atoms with Gasteiger partial charge in [0, 0.05) is 31.6 Å². The lowest BCUT2D eigenvalue weighted by atomic mass is 9.96. The van der Waals surface area contributed by atoms with Crippen molar-refractivity contribution in [1.29, 1.82) is 0 Å². The van der Waals surface area contributed by atoms with Crippen LogP contribution < -0.4 is 10.1 Å². The van der Waals surface area contributed by atoms with E-state index in [9.17, 15) is 4.79 Å². The highest BCUT2D eigenvalue weighted by molar-refractivity contribution is 5.76. The molecular weight excluding hydrogens is 390 g/mol. The highest BCUT2D eigenvalue weighted by Gasteiger charge is 2.28. The van der Waals surface area contributed by atoms with Gasteiger partial charge in [-0.2, -0.15) is 0 Å². The quantitative estimate of drug-likeness (QED) is 0.770. The number of benzene rings is 1. The topological polar surface area (TPSA) is 70.6 Å². The number of piperidine rings is 1. The van der Waals surface area contributed by atoms with Crippen LogP contribution in [-0.4, -0.2) is 66.0 Å². The summed E-state index contributed by atoms with van der Waals surface area (Å²) in [5, 5.41) is 3.26. The van der Waals surface area contributed by atoms with Gasteiger partial charge in [0.2, 0.25) is 5.91 Å². The van der Waals surface area contributed by atoms with Gasteiger partial charge in [0.25, 0.3) is 0 Å². The Labute approximate surface area is 184 Å². The van der Waals surface area contributed by atoms with Gasteiger partial charge in [-0.1, -0.05) is 18.2 Å². The van der Waals surface area contributed by atoms with E-state index in [1.807, 2.05) is 43.1 Å². The number of hydrogen-bond donors (Lipinski definition) is 1. The van der Waals surface area contributed by atoms with Gasteiger partial charge in [0.05, 0.1) is 25.3 Å². The van der Waals surface area contributed by atoms with Crippen LogP contribution in [0.4, 0.5) is 5.82 Å². The van der Waals surface area contributed by atoms with Gasteiger partial charge in [-0.3, -0.25) is 4.79 Å². The number of anilines is 1. The van der Waals surface area contributed by atoms with E-state index in [1.165, 1.54) is 6.42 Å². The van der Waals surface area contributed by atoms with Gasteiger partial charge < -0.3 is 19.9 Å². The van der Waals surface area contributed by atoms with Gasteiger partial charge in [-0.05, 0) is 51.4 Å². The molecule has 31 heavy (non-hydrogen) atoms. The van der Waals surface area contributed by atoms with Gasteiger partial charge in [0.15, 0.2) is 0 Å². The molecule has 3 heterocycles. The molecule has 7 heteroatoms. The minimum atomic E-state index is 0.114. The third-order valence-electron chi connectivity index (χ3n) is 6.33. The Kier molecular flexibility index (Phi) is 6.70. The number of likely N-dealkylation sites (tertiary alicyclic amines) is 1. The number of aryl methyl sites for hydroxylation is 1. The largest absolute Gasteiger partial charge is 0.493 e. The van der Waals surface area contributed by atoms with Gasteiger partial charge >= 0.3 is 0 Å². The van der Waals surface area contributed by atoms with Crippen LogP contribution in [0.2, 0.25) is 0 Å². The maximum Gasteiger partial charge on any atom is 0.226 e. The smallest absolute Gasteiger partial charge is 0.226 e. The number of aromatic nitrogens is 2. The molecule has 0 radical (unpaired) electrons. The Morgan fingerprint density at radius 2 is 2.10 bits per heavy atom. The van der Waals surface area contributed by atoms with Crippen molar-refractivity contribution >= 4 is 11.7 Å². The standard InChI is InChI=1S/C24H33N5O2/c1-17-7-4-5-9-21(17)31-14-11-22(30)29-13-10-19-20(16-29)26-23(27-24(19)25-2)18-8-6-12-28(3)15-18/h4-5,7,9,18H,6,8,10-16H2,1-3H3,(H,25,26,27)/t18-/m1/s1. The van der Waals surface area contributed by atoms with Gasteiger partial charge in [-0.25, -0.2) is 9.97 Å². The fourth-order valence-corrected chi connectivity index (χ4v) is 4.55. The number of carbonyl (C=O) groups excluding carboxylic acids is 1. The minimum absolute atomic E-state index is 0.114. The zero-order chi connectivity index (χ0) is 21.8. The summed E-state index contributed by atoms with van der Waals surface area (Å²) in [4.78, 5) is 26.9. The van der Waals surface area contributed by atoms with Crippen molar-refractivity contribution in [2.45, 2.75) is 45.1 Å². The van der Waals surface area contributed by atoms with Crippen LogP contribution in [0.3, 0.4) is 0 Å². The SMILES string of the molecule is CNc1nc([C@@H]2CCCN(C)C2)nc2c1CCN(C(=O)CCOc1ccccc1C)C2. The number of rotatable bonds is 6. The predicted molar refractivity (Wildman–Crippen MR) is 121 cm³/mol. The third kappa shape index (κ3) is 4.98. The van der Waals surface area contributed by atoms with E-state index < -0.39 is 0 Å². The molecule has 1 atom stereocenters. The summed E-state index contributed by atoms with van der Waals surface area (Å²) in [5.41, 5.74) is 3.22. The maximum absolute atomic E-state index is 12.8. The Balaban J connectivity index is 1.42. The van der Waals surface area contributed by atoms with Crippen LogP contribution in [0, 0.1) is 6.92 Å². The van der Waals surface area contributed by atoms with Crippen LogP contribution >= 0.6 is 0 Å². The molecule has 1 fully saturated rings. The van der Waals surface area contributed by atoms with Crippen molar-refractivity contribution in [3.63, 3.8) is 0 Å². The summed E-state index contributed by atoms with van der Waals surface area (Å²) in [6.07, 6.45) is 3.43. The number of carbonyl (C=O) groups is 1. The summed E-state index contributed by atoms with van der Waals surface area (Å²) in [5.74, 6) is 3.13. The highest BCUT2D eigenvalue weighted by Crippen LogP contribution is 2.29. The van der Waals surface area contributed by atoms with Crippen molar-refractivity contribution in [2.24, 2.45) is 0 Å². The van der Waals surface area contributed by atoms with Crippen molar-refractivity contribution in [3.8, 4) is 5.75 Å². The molecule has 1 aromatic heterocycles. The van der Waals surface area contributed by atoms with Crippen molar-refractivity contribution < 1.29 is 9.53 Å². The van der Waals surface area contributed by atoms with E-state index in [1.54, 1.807) is 0 Å². The zero-order valence-corrected chi connectivity index (χ0v) is 18.9. The van der Waals surface area contributed by atoms with Crippen molar-refractivity contribution in [1.82, 2.24) is 19.8 Å². The first-order chi connectivity index (χ1) is 15.0. The molecule has 0 unspecified atom stereocenters. The van der Waals surface area contributed by atoms with Crippen LogP contribution in [0.15, 0.2) is 24.3 Å². The Bertz CT molecular complexity index is 932. The van der Waals surface area contributed by atoms with Crippen LogP contribution in [0.25, 0.3) is 0 Å². The molecule has 0 saturated carbocycles. The average Bonchev–Trinajstić information content (AvgIpc) is 2.79. The average molecular weight is 424 g/mol. The van der Waals surface area contributed by atoms with E-state index >= 15 is 0 Å². The lowest BCUT2D eigenvalue weighted by molar-refractivity contribution is -0.132. The summed E-state index contributed by atoms with van der Waals surface area (Å²) in [6.45, 7) is 5.76. The maximum atomic E-state index is 12.8. The number of nitrogens with one attached hydrogen (secondary N) is 1. The van der Waals surface area contributed by atoms with E-state index in [2.05, 4.69) is 17.3 Å². The second-order valence-corrected chi connectivity index (χ2v) is 8.64. The normalized spacial score (nSPS) is 19.1. The molecule has 7 nitrogen and oxygen atoms in total. The fraction of sp³-hybridized carbons (Fsp3) is 0.542. The number of likely N-dealkylation sites (N-methyl/N-ethyl adjacent to an activating group) is 1. The number of fused-ring (bicyclic) bond motifs is 1. The number of nitrogens with zero attached hydrogens (tertiary/aromatic N) is 4. The molecule has 4 rings (SSSR count). The van der Waals surface area contributed by atoms with Crippen molar-refractivity contribution in [3.05, 3.63) is 46.9 Å². The third-order valence-corrected chi connectivity index (χ3v) is 6.33. The van der Waals surface area contributed by atoms with Crippen LogP contribution in [-0.2, 0) is 17.8 Å². The first-order valence-corrected chi connectivity index (χ1v) is 11.3. The van der Waals surface area contributed by atoms with Gasteiger partial charge in [-0.15, -0.1) is 0 Å².